The highest BCUT2D eigenvalue weighted by molar-refractivity contribution is 6.02. The molecule has 4 aromatic rings. The van der Waals surface area contributed by atoms with Gasteiger partial charge >= 0.3 is 6.03 Å². The van der Waals surface area contributed by atoms with E-state index in [0.717, 1.165) is 88.0 Å². The number of carbonyl (C=O) groups excluding carboxylic acids is 4. The molecule has 3 atom stereocenters. The number of piperidine rings is 2. The molecule has 3 saturated heterocycles. The Balaban J connectivity index is 0.877. The highest BCUT2D eigenvalue weighted by Gasteiger charge is 2.36. The number of nitrogens with two attached hydrogens (primary N) is 1. The van der Waals surface area contributed by atoms with Crippen LogP contribution in [-0.2, 0) is 35.4 Å². The topological polar surface area (TPSA) is 183 Å². The summed E-state index contributed by atoms with van der Waals surface area (Å²) in [5.41, 5.74) is 13.0. The average Bonchev–Trinajstić information content (AvgIpc) is 3.87. The fourth-order valence-electron chi connectivity index (χ4n) is 9.12. The third-order valence-electron chi connectivity index (χ3n) is 11.9. The molecule has 2 aromatic heterocycles. The summed E-state index contributed by atoms with van der Waals surface area (Å²) in [5.74, 6) is -0.328. The van der Waals surface area contributed by atoms with E-state index >= 15 is 0 Å². The monoisotopic (exact) mass is 732 g/mol. The van der Waals surface area contributed by atoms with Crippen molar-refractivity contribution >= 4 is 52.0 Å². The van der Waals surface area contributed by atoms with Gasteiger partial charge in [-0.1, -0.05) is 17.3 Å². The molecular formula is C39H44N10O5. The molecule has 0 bridgehead atoms. The van der Waals surface area contributed by atoms with Crippen LogP contribution in [0.15, 0.2) is 41.1 Å². The van der Waals surface area contributed by atoms with Gasteiger partial charge in [-0.15, -0.1) is 0 Å². The number of benzene rings is 2. The van der Waals surface area contributed by atoms with Gasteiger partial charge in [-0.05, 0) is 79.3 Å². The molecule has 0 saturated carbocycles. The molecule has 1 aliphatic carbocycles. The smallest absolute Gasteiger partial charge is 0.320 e. The molecular weight excluding hydrogens is 688 g/mol. The van der Waals surface area contributed by atoms with Gasteiger partial charge in [0.1, 0.15) is 11.5 Å². The number of nitrogens with one attached hydrogen (secondary N) is 2. The van der Waals surface area contributed by atoms with Crippen molar-refractivity contribution < 1.29 is 23.7 Å². The summed E-state index contributed by atoms with van der Waals surface area (Å²) in [7, 11) is 1.84. The van der Waals surface area contributed by atoms with Gasteiger partial charge in [-0.2, -0.15) is 0 Å². The van der Waals surface area contributed by atoms with Crippen molar-refractivity contribution in [3.8, 4) is 0 Å². The Hall–Kier alpha value is -5.57. The number of hydrogen-bond donors (Lipinski definition) is 3. The van der Waals surface area contributed by atoms with Crippen LogP contribution in [0.4, 0.5) is 22.1 Å². The van der Waals surface area contributed by atoms with E-state index < -0.39 is 11.8 Å². The number of primary amides is 1. The average molecular weight is 733 g/mol. The van der Waals surface area contributed by atoms with Gasteiger partial charge < -0.3 is 30.3 Å². The van der Waals surface area contributed by atoms with E-state index in [1.54, 1.807) is 11.1 Å². The van der Waals surface area contributed by atoms with E-state index in [1.807, 2.05) is 24.1 Å². The van der Waals surface area contributed by atoms with Crippen molar-refractivity contribution in [1.29, 1.82) is 0 Å². The second kappa shape index (κ2) is 13.7. The van der Waals surface area contributed by atoms with Gasteiger partial charge in [0.25, 0.3) is 5.91 Å². The van der Waals surface area contributed by atoms with Crippen molar-refractivity contribution in [3.63, 3.8) is 0 Å². The predicted molar refractivity (Wildman–Crippen MR) is 199 cm³/mol. The Morgan fingerprint density at radius 1 is 1.02 bits per heavy atom. The fraction of sp³-hybridized carbons (Fsp3) is 0.462. The maximum Gasteiger partial charge on any atom is 0.320 e. The van der Waals surface area contributed by atoms with Crippen LogP contribution in [0.3, 0.4) is 0 Å². The molecule has 15 nitrogen and oxygen atoms in total. The first kappa shape index (κ1) is 34.2. The molecule has 0 radical (unpaired) electrons. The summed E-state index contributed by atoms with van der Waals surface area (Å²) in [6, 6.07) is 10.6. The van der Waals surface area contributed by atoms with Crippen LogP contribution in [0.1, 0.15) is 70.0 Å². The normalized spacial score (nSPS) is 23.2. The lowest BCUT2D eigenvalue weighted by molar-refractivity contribution is -0.134. The summed E-state index contributed by atoms with van der Waals surface area (Å²) < 4.78 is 5.87. The Morgan fingerprint density at radius 3 is 2.70 bits per heavy atom. The number of likely N-dealkylation sites (N-methyl/N-ethyl adjacent to an activating group) is 1. The fourth-order valence-corrected chi connectivity index (χ4v) is 9.12. The number of hydrogen-bond acceptors (Lipinski definition) is 11. The summed E-state index contributed by atoms with van der Waals surface area (Å²) in [6.45, 7) is 5.56. The SMILES string of the molecule is CN1CCN([C@@H]2CCCN(c3cnc(C(N)=O)c(Nc4ccc5c(c4)CN(C[C@@H]4Cc6ccc7c(C8CCC(=O)NC8=O)noc7c6C4)CC5)n3)C2)C1=O. The number of aromatic nitrogens is 3. The quantitative estimate of drug-likeness (QED) is 0.227. The maximum absolute atomic E-state index is 12.7. The Morgan fingerprint density at radius 2 is 1.89 bits per heavy atom. The summed E-state index contributed by atoms with van der Waals surface area (Å²) >= 11 is 0. The van der Waals surface area contributed by atoms with E-state index in [0.29, 0.717) is 42.6 Å². The van der Waals surface area contributed by atoms with E-state index in [2.05, 4.69) is 48.8 Å². The van der Waals surface area contributed by atoms with Gasteiger partial charge in [0.05, 0.1) is 18.2 Å². The van der Waals surface area contributed by atoms with E-state index in [-0.39, 0.29) is 29.6 Å². The predicted octanol–water partition coefficient (Wildman–Crippen LogP) is 3.09. The molecule has 1 unspecified atom stereocenters. The lowest BCUT2D eigenvalue weighted by atomic mass is 9.92. The van der Waals surface area contributed by atoms with Crippen LogP contribution >= 0.6 is 0 Å². The van der Waals surface area contributed by atoms with Crippen molar-refractivity contribution in [2.45, 2.75) is 63.5 Å². The number of nitrogens with zero attached hydrogens (tertiary/aromatic N) is 7. The molecule has 0 spiro atoms. The van der Waals surface area contributed by atoms with Crippen LogP contribution in [0.5, 0.6) is 0 Å². The molecule has 4 N–H and O–H groups in total. The first-order valence-corrected chi connectivity index (χ1v) is 19.0. The standard InChI is InChI=1S/C39H44N10O5/c1-46-13-14-49(39(46)53)27-3-2-11-48(21-27)31-18-41-34(36(40)51)37(43-31)42-26-6-4-23-10-12-47(20-25(23)17-26)19-22-15-24-5-7-28-33(45-54-35(28)30(24)16-22)29-8-9-32(50)44-38(29)52/h4-7,17-18,22,27,29H,2-3,8-16,19-21H2,1H3,(H2,40,51)(H,42,43)(H,44,50,52)/t22-,27-,29?/m1/s1. The first-order valence-electron chi connectivity index (χ1n) is 19.0. The van der Waals surface area contributed by atoms with Gasteiger partial charge in [0, 0.05) is 75.9 Å². The van der Waals surface area contributed by atoms with E-state index in [4.69, 9.17) is 15.2 Å². The molecule has 3 fully saturated rings. The van der Waals surface area contributed by atoms with E-state index in [1.165, 1.54) is 22.3 Å². The van der Waals surface area contributed by atoms with Crippen molar-refractivity contribution in [2.24, 2.45) is 11.7 Å². The molecule has 5 aliphatic rings. The second-order valence-corrected chi connectivity index (χ2v) is 15.4. The molecule has 6 heterocycles. The Bertz CT molecular complexity index is 2190. The summed E-state index contributed by atoms with van der Waals surface area (Å²) in [4.78, 5) is 67.1. The summed E-state index contributed by atoms with van der Waals surface area (Å²) in [5, 5.41) is 11.0. The zero-order valence-electron chi connectivity index (χ0n) is 30.3. The number of fused-ring (bicyclic) bond motifs is 4. The lowest BCUT2D eigenvalue weighted by Gasteiger charge is -2.37. The third kappa shape index (κ3) is 6.29. The highest BCUT2D eigenvalue weighted by atomic mass is 16.5. The van der Waals surface area contributed by atoms with Crippen molar-refractivity contribution in [1.82, 2.24) is 35.1 Å². The number of anilines is 3. The van der Waals surface area contributed by atoms with Crippen LogP contribution in [0.2, 0.25) is 0 Å². The van der Waals surface area contributed by atoms with Gasteiger partial charge in [0.15, 0.2) is 17.1 Å². The molecule has 280 valence electrons. The zero-order chi connectivity index (χ0) is 37.1. The van der Waals surface area contributed by atoms with Gasteiger partial charge in [-0.3, -0.25) is 24.6 Å². The molecule has 4 aliphatic heterocycles. The number of imide groups is 1. The van der Waals surface area contributed by atoms with Gasteiger partial charge in [0.2, 0.25) is 11.8 Å². The largest absolute Gasteiger partial charge is 0.364 e. The number of amides is 5. The van der Waals surface area contributed by atoms with Crippen LogP contribution < -0.4 is 21.3 Å². The van der Waals surface area contributed by atoms with Crippen LogP contribution in [0.25, 0.3) is 11.0 Å². The van der Waals surface area contributed by atoms with E-state index in [9.17, 15) is 19.2 Å². The zero-order valence-corrected chi connectivity index (χ0v) is 30.3. The number of urea groups is 1. The van der Waals surface area contributed by atoms with Crippen LogP contribution in [-0.4, -0.2) is 106 Å². The molecule has 9 rings (SSSR count). The van der Waals surface area contributed by atoms with Gasteiger partial charge in [-0.25, -0.2) is 14.8 Å². The molecule has 54 heavy (non-hydrogen) atoms. The Kier molecular flexibility index (Phi) is 8.67. The number of rotatable bonds is 8. The minimum atomic E-state index is -0.657. The third-order valence-corrected chi connectivity index (χ3v) is 11.9. The summed E-state index contributed by atoms with van der Waals surface area (Å²) in [6.07, 6.45) is 6.94. The molecule has 15 heteroatoms. The minimum absolute atomic E-state index is 0.0636. The van der Waals surface area contributed by atoms with Crippen molar-refractivity contribution in [3.05, 3.63) is 70.2 Å². The Labute approximate surface area is 312 Å². The number of carbonyl (C=O) groups is 4. The lowest BCUT2D eigenvalue weighted by Crippen LogP contribution is -2.49. The second-order valence-electron chi connectivity index (χ2n) is 15.4. The first-order chi connectivity index (χ1) is 26.2. The minimum Gasteiger partial charge on any atom is -0.364 e. The highest BCUT2D eigenvalue weighted by Crippen LogP contribution is 2.38. The van der Waals surface area contributed by atoms with Crippen molar-refractivity contribution in [2.75, 3.05) is 56.5 Å². The molecule has 5 amide bonds. The van der Waals surface area contributed by atoms with Crippen LogP contribution in [0, 0.1) is 5.92 Å². The molecule has 2 aromatic carbocycles. The maximum atomic E-state index is 12.7.